The van der Waals surface area contributed by atoms with E-state index in [2.05, 4.69) is 10.6 Å². The minimum atomic E-state index is -1.28. The topological polar surface area (TPSA) is 131 Å². The largest absolute Gasteiger partial charge is 0.444 e. The van der Waals surface area contributed by atoms with Crippen molar-refractivity contribution in [2.75, 3.05) is 6.54 Å². The Hall–Kier alpha value is -3.10. The molecule has 2 unspecified atom stereocenters. The van der Waals surface area contributed by atoms with Gasteiger partial charge in [0.25, 0.3) is 0 Å². The number of hydrogen-bond acceptors (Lipinski definition) is 5. The first kappa shape index (κ1) is 27.9. The summed E-state index contributed by atoms with van der Waals surface area (Å²) >= 11 is 0. The molecule has 0 fully saturated rings. The van der Waals surface area contributed by atoms with Crippen LogP contribution in [0.2, 0.25) is 0 Å². The van der Waals surface area contributed by atoms with Crippen molar-refractivity contribution in [2.24, 2.45) is 5.73 Å². The molecule has 0 aliphatic rings. The third kappa shape index (κ3) is 8.75. The highest BCUT2D eigenvalue weighted by atomic mass is 16.6. The standard InChI is InChI=1S/C24H38N4O5/c1-9-28(22(31)18(13-19(25)29)27-23(32)33-24(6,7)8)20(21(30)26-14(2)3)17-11-10-15(4)16(5)12-17/h10-12,14,18,20H,9,13H2,1-8H3,(H2,25,29)(H,26,30)(H,27,32). The number of carbonyl (C=O) groups is 4. The number of carbonyl (C=O) groups excluding carboxylic acids is 4. The van der Waals surface area contributed by atoms with Crippen LogP contribution in [0.4, 0.5) is 4.79 Å². The molecule has 1 aromatic carbocycles. The predicted molar refractivity (Wildman–Crippen MR) is 126 cm³/mol. The van der Waals surface area contributed by atoms with Gasteiger partial charge < -0.3 is 26.0 Å². The number of alkyl carbamates (subject to hydrolysis) is 1. The molecule has 184 valence electrons. The minimum absolute atomic E-state index is 0.151. The number of ether oxygens (including phenoxy) is 1. The normalized spacial score (nSPS) is 13.1. The van der Waals surface area contributed by atoms with E-state index >= 15 is 0 Å². The molecule has 0 radical (unpaired) electrons. The molecule has 9 heteroatoms. The van der Waals surface area contributed by atoms with Crippen LogP contribution in [0.3, 0.4) is 0 Å². The lowest BCUT2D eigenvalue weighted by atomic mass is 9.98. The summed E-state index contributed by atoms with van der Waals surface area (Å²) in [6.45, 7) is 14.5. The molecule has 0 aliphatic heterocycles. The average molecular weight is 463 g/mol. The summed E-state index contributed by atoms with van der Waals surface area (Å²) in [4.78, 5) is 52.1. The van der Waals surface area contributed by atoms with Gasteiger partial charge in [0.15, 0.2) is 0 Å². The minimum Gasteiger partial charge on any atom is -0.444 e. The lowest BCUT2D eigenvalue weighted by molar-refractivity contribution is -0.143. The van der Waals surface area contributed by atoms with Gasteiger partial charge in [-0.3, -0.25) is 14.4 Å². The van der Waals surface area contributed by atoms with E-state index in [1.54, 1.807) is 33.8 Å². The van der Waals surface area contributed by atoms with Crippen molar-refractivity contribution < 1.29 is 23.9 Å². The number of rotatable bonds is 9. The van der Waals surface area contributed by atoms with Gasteiger partial charge in [-0.05, 0) is 72.1 Å². The molecule has 0 saturated carbocycles. The highest BCUT2D eigenvalue weighted by Gasteiger charge is 2.36. The summed E-state index contributed by atoms with van der Waals surface area (Å²) in [5.41, 5.74) is 7.19. The van der Waals surface area contributed by atoms with Crippen LogP contribution in [0.25, 0.3) is 0 Å². The van der Waals surface area contributed by atoms with Gasteiger partial charge in [-0.1, -0.05) is 18.2 Å². The smallest absolute Gasteiger partial charge is 0.408 e. The molecule has 0 spiro atoms. The number of hydrogen-bond donors (Lipinski definition) is 3. The Morgan fingerprint density at radius 1 is 1.06 bits per heavy atom. The fraction of sp³-hybridized carbons (Fsp3) is 0.583. The summed E-state index contributed by atoms with van der Waals surface area (Å²) < 4.78 is 5.24. The van der Waals surface area contributed by atoms with Crippen LogP contribution < -0.4 is 16.4 Å². The Morgan fingerprint density at radius 2 is 1.67 bits per heavy atom. The molecule has 0 aromatic heterocycles. The molecule has 4 amide bonds. The molecule has 2 atom stereocenters. The number of amides is 4. The Kier molecular flexibility index (Phi) is 9.88. The van der Waals surface area contributed by atoms with Crippen molar-refractivity contribution in [1.82, 2.24) is 15.5 Å². The van der Waals surface area contributed by atoms with Crippen molar-refractivity contribution >= 4 is 23.8 Å². The van der Waals surface area contributed by atoms with Crippen molar-refractivity contribution in [3.05, 3.63) is 34.9 Å². The third-order valence-corrected chi connectivity index (χ3v) is 4.86. The molecule has 0 bridgehead atoms. The van der Waals surface area contributed by atoms with E-state index in [1.165, 1.54) is 4.90 Å². The first-order chi connectivity index (χ1) is 15.2. The maximum absolute atomic E-state index is 13.5. The van der Waals surface area contributed by atoms with E-state index in [9.17, 15) is 19.2 Å². The number of primary amides is 1. The molecule has 0 aliphatic carbocycles. The summed E-state index contributed by atoms with van der Waals surface area (Å²) in [5.74, 6) is -1.74. The van der Waals surface area contributed by atoms with Gasteiger partial charge in [0.2, 0.25) is 17.7 Å². The first-order valence-electron chi connectivity index (χ1n) is 11.1. The Morgan fingerprint density at radius 3 is 2.12 bits per heavy atom. The Labute approximate surface area is 196 Å². The van der Waals surface area contributed by atoms with Gasteiger partial charge in [-0.2, -0.15) is 0 Å². The van der Waals surface area contributed by atoms with Crippen molar-refractivity contribution in [1.29, 1.82) is 0 Å². The lowest BCUT2D eigenvalue weighted by Crippen LogP contribution is -2.54. The van der Waals surface area contributed by atoms with Gasteiger partial charge in [0, 0.05) is 12.6 Å². The van der Waals surface area contributed by atoms with Crippen molar-refractivity contribution in [3.8, 4) is 0 Å². The van der Waals surface area contributed by atoms with E-state index in [1.807, 2.05) is 39.8 Å². The fourth-order valence-corrected chi connectivity index (χ4v) is 3.29. The van der Waals surface area contributed by atoms with Crippen LogP contribution in [0, 0.1) is 13.8 Å². The number of nitrogens with two attached hydrogens (primary N) is 1. The quantitative estimate of drug-likeness (QED) is 0.519. The zero-order valence-corrected chi connectivity index (χ0v) is 20.9. The maximum atomic E-state index is 13.5. The number of benzene rings is 1. The molecule has 33 heavy (non-hydrogen) atoms. The van der Waals surface area contributed by atoms with Gasteiger partial charge >= 0.3 is 6.09 Å². The highest BCUT2D eigenvalue weighted by molar-refractivity contribution is 5.94. The summed E-state index contributed by atoms with van der Waals surface area (Å²) in [6.07, 6.45) is -1.28. The van der Waals surface area contributed by atoms with Crippen LogP contribution in [0.15, 0.2) is 18.2 Å². The van der Waals surface area contributed by atoms with E-state index in [0.29, 0.717) is 5.56 Å². The predicted octanol–water partition coefficient (Wildman–Crippen LogP) is 2.49. The summed E-state index contributed by atoms with van der Waals surface area (Å²) in [7, 11) is 0. The molecule has 9 nitrogen and oxygen atoms in total. The zero-order chi connectivity index (χ0) is 25.5. The molecule has 1 rings (SSSR count). The molecular formula is C24H38N4O5. The molecule has 0 heterocycles. The fourth-order valence-electron chi connectivity index (χ4n) is 3.29. The summed E-state index contributed by atoms with van der Waals surface area (Å²) in [6, 6.07) is 3.16. The second-order valence-electron chi connectivity index (χ2n) is 9.40. The number of likely N-dealkylation sites (N-methyl/N-ethyl adjacent to an activating group) is 1. The molecule has 4 N–H and O–H groups in total. The highest BCUT2D eigenvalue weighted by Crippen LogP contribution is 2.25. The van der Waals surface area contributed by atoms with Crippen LogP contribution in [-0.2, 0) is 19.1 Å². The number of nitrogens with one attached hydrogen (secondary N) is 2. The zero-order valence-electron chi connectivity index (χ0n) is 20.9. The van der Waals surface area contributed by atoms with Gasteiger partial charge in [-0.25, -0.2) is 4.79 Å². The number of aryl methyl sites for hydroxylation is 2. The van der Waals surface area contributed by atoms with Crippen LogP contribution >= 0.6 is 0 Å². The van der Waals surface area contributed by atoms with E-state index < -0.39 is 42.0 Å². The molecule has 0 saturated heterocycles. The van der Waals surface area contributed by atoms with E-state index in [0.717, 1.165) is 11.1 Å². The van der Waals surface area contributed by atoms with E-state index in [4.69, 9.17) is 10.5 Å². The van der Waals surface area contributed by atoms with Crippen molar-refractivity contribution in [2.45, 2.75) is 85.5 Å². The van der Waals surface area contributed by atoms with Crippen molar-refractivity contribution in [3.63, 3.8) is 0 Å². The molecular weight excluding hydrogens is 424 g/mol. The second-order valence-corrected chi connectivity index (χ2v) is 9.40. The van der Waals surface area contributed by atoms with Gasteiger partial charge in [0.1, 0.15) is 17.7 Å². The second kappa shape index (κ2) is 11.7. The van der Waals surface area contributed by atoms with Crippen LogP contribution in [0.1, 0.15) is 70.7 Å². The average Bonchev–Trinajstić information content (AvgIpc) is 2.64. The van der Waals surface area contributed by atoms with Gasteiger partial charge in [-0.15, -0.1) is 0 Å². The Balaban J connectivity index is 3.40. The Bertz CT molecular complexity index is 876. The number of nitrogens with zero attached hydrogens (tertiary/aromatic N) is 1. The first-order valence-corrected chi connectivity index (χ1v) is 11.1. The summed E-state index contributed by atoms with van der Waals surface area (Å²) in [5, 5.41) is 5.30. The van der Waals surface area contributed by atoms with Crippen LogP contribution in [0.5, 0.6) is 0 Å². The molecule has 1 aromatic rings. The monoisotopic (exact) mass is 462 g/mol. The van der Waals surface area contributed by atoms with Crippen LogP contribution in [-0.4, -0.2) is 52.9 Å². The maximum Gasteiger partial charge on any atom is 0.408 e. The third-order valence-electron chi connectivity index (χ3n) is 4.86. The van der Waals surface area contributed by atoms with Gasteiger partial charge in [0.05, 0.1) is 6.42 Å². The SMILES string of the molecule is CCN(C(=O)C(CC(N)=O)NC(=O)OC(C)(C)C)C(C(=O)NC(C)C)c1ccc(C)c(C)c1. The van der Waals surface area contributed by atoms with E-state index in [-0.39, 0.29) is 18.5 Å². The lowest BCUT2D eigenvalue weighted by Gasteiger charge is -2.34.